The fourth-order valence-corrected chi connectivity index (χ4v) is 8.56. The van der Waals surface area contributed by atoms with E-state index in [0.717, 1.165) is 5.56 Å². The van der Waals surface area contributed by atoms with Crippen LogP contribution >= 0.6 is 0 Å². The van der Waals surface area contributed by atoms with Crippen molar-refractivity contribution >= 4 is 29.6 Å². The average Bonchev–Trinajstić information content (AvgIpc) is 3.74. The minimum Gasteiger partial charge on any atom is -0.462 e. The van der Waals surface area contributed by atoms with Crippen LogP contribution in [0.25, 0.3) is 0 Å². The van der Waals surface area contributed by atoms with E-state index in [1.54, 1.807) is 38.0 Å². The molecule has 0 spiro atoms. The highest BCUT2D eigenvalue weighted by molar-refractivity contribution is 5.90. The summed E-state index contributed by atoms with van der Waals surface area (Å²) in [5, 5.41) is 5.99. The molecule has 1 fully saturated rings. The number of nitrogens with one attached hydrogen (secondary N) is 2. The number of likely N-dealkylation sites (N-methyl/N-ethyl adjacent to an activating group) is 2. The molecule has 1 aromatic rings. The Labute approximate surface area is 384 Å². The van der Waals surface area contributed by atoms with Crippen molar-refractivity contribution in [3.8, 4) is 0 Å². The number of nitrogens with zero attached hydrogens (tertiary/aromatic N) is 3. The molecule has 64 heavy (non-hydrogen) atoms. The van der Waals surface area contributed by atoms with Crippen LogP contribution in [0, 0.1) is 23.7 Å². The second-order valence-electron chi connectivity index (χ2n) is 18.3. The number of hydrogen-bond acceptors (Lipinski definition) is 12. The van der Waals surface area contributed by atoms with Gasteiger partial charge < -0.3 is 48.9 Å². The summed E-state index contributed by atoms with van der Waals surface area (Å²) in [6.45, 7) is 19.9. The van der Waals surface area contributed by atoms with Crippen molar-refractivity contribution in [2.45, 2.75) is 136 Å². The number of carbonyl (C=O) groups excluding carboxylic acids is 5. The second-order valence-corrected chi connectivity index (χ2v) is 18.3. The molecule has 1 saturated heterocycles. The van der Waals surface area contributed by atoms with Gasteiger partial charge in [0, 0.05) is 47.4 Å². The Kier molecular flexibility index (Phi) is 25.6. The lowest BCUT2D eigenvalue weighted by molar-refractivity contribution is -0.151. The van der Waals surface area contributed by atoms with E-state index in [1.807, 2.05) is 97.7 Å². The van der Waals surface area contributed by atoms with Gasteiger partial charge in [0.05, 0.1) is 75.7 Å². The number of hydrogen-bond donors (Lipinski definition) is 2. The van der Waals surface area contributed by atoms with Crippen LogP contribution in [0.5, 0.6) is 0 Å². The third-order valence-corrected chi connectivity index (χ3v) is 12.3. The molecule has 0 saturated carbocycles. The van der Waals surface area contributed by atoms with E-state index in [9.17, 15) is 24.0 Å². The maximum absolute atomic E-state index is 14.3. The van der Waals surface area contributed by atoms with E-state index >= 15 is 0 Å². The number of carbonyl (C=O) groups is 5. The zero-order chi connectivity index (χ0) is 48.1. The molecule has 1 heterocycles. The highest BCUT2D eigenvalue weighted by Crippen LogP contribution is 2.29. The van der Waals surface area contributed by atoms with Crippen LogP contribution in [-0.2, 0) is 58.8 Å². The van der Waals surface area contributed by atoms with E-state index in [2.05, 4.69) is 10.6 Å². The van der Waals surface area contributed by atoms with Crippen molar-refractivity contribution in [1.82, 2.24) is 25.3 Å². The molecule has 16 nitrogen and oxygen atoms in total. The summed E-state index contributed by atoms with van der Waals surface area (Å²) in [5.41, 5.74) is 0.844. The summed E-state index contributed by atoms with van der Waals surface area (Å²) in [7, 11) is 8.29. The maximum atomic E-state index is 14.3. The Morgan fingerprint density at radius 1 is 0.750 bits per heavy atom. The Morgan fingerprint density at radius 2 is 1.36 bits per heavy atom. The SMILES string of the molecule is COCCOCCOCCOC(=O)[C@H](Cc1ccccc1)NC(=O)C(C)[C@@H](OC)[C@@H]1CCCN1C(=O)C[C@@H](OC)[C@H](C(C)C)N(C)C(=O)[C@@H](NC(=O)[C@H](C(C)C)N(C)C(C)C)C(C)C. The van der Waals surface area contributed by atoms with Crippen LogP contribution in [0.1, 0.15) is 87.1 Å². The van der Waals surface area contributed by atoms with Gasteiger partial charge in [0.1, 0.15) is 18.7 Å². The first-order valence-corrected chi connectivity index (χ1v) is 23.1. The van der Waals surface area contributed by atoms with Gasteiger partial charge in [-0.3, -0.25) is 24.1 Å². The highest BCUT2D eigenvalue weighted by atomic mass is 16.6. The topological polar surface area (TPSA) is 175 Å². The molecule has 1 unspecified atom stereocenters. The summed E-state index contributed by atoms with van der Waals surface area (Å²) >= 11 is 0. The van der Waals surface area contributed by atoms with Gasteiger partial charge >= 0.3 is 5.97 Å². The molecule has 2 rings (SSSR count). The number of benzene rings is 1. The summed E-state index contributed by atoms with van der Waals surface area (Å²) in [4.78, 5) is 75.3. The molecule has 4 amide bonds. The van der Waals surface area contributed by atoms with Crippen molar-refractivity contribution in [3.05, 3.63) is 35.9 Å². The molecule has 1 aliphatic heterocycles. The fraction of sp³-hybridized carbons (Fsp3) is 0.771. The summed E-state index contributed by atoms with van der Waals surface area (Å²) in [6, 6.07) is 6.36. The molecule has 1 aromatic carbocycles. The van der Waals surface area contributed by atoms with Crippen LogP contribution in [0.4, 0.5) is 0 Å². The van der Waals surface area contributed by atoms with Crippen LogP contribution in [0.15, 0.2) is 30.3 Å². The molecule has 0 aromatic heterocycles. The van der Waals surface area contributed by atoms with Crippen LogP contribution in [0.2, 0.25) is 0 Å². The molecule has 2 N–H and O–H groups in total. The number of ether oxygens (including phenoxy) is 6. The molecule has 8 atom stereocenters. The quantitative estimate of drug-likeness (QED) is 0.0842. The van der Waals surface area contributed by atoms with Crippen LogP contribution in [0.3, 0.4) is 0 Å². The van der Waals surface area contributed by atoms with Gasteiger partial charge in [0.25, 0.3) is 0 Å². The van der Waals surface area contributed by atoms with Gasteiger partial charge in [0.2, 0.25) is 23.6 Å². The van der Waals surface area contributed by atoms with E-state index in [-0.39, 0.29) is 67.6 Å². The Morgan fingerprint density at radius 3 is 1.89 bits per heavy atom. The number of esters is 1. The number of methoxy groups -OCH3 is 3. The summed E-state index contributed by atoms with van der Waals surface area (Å²) in [5.74, 6) is -2.69. The molecule has 0 bridgehead atoms. The first-order chi connectivity index (χ1) is 30.3. The maximum Gasteiger partial charge on any atom is 0.329 e. The van der Waals surface area contributed by atoms with E-state index in [0.29, 0.717) is 45.8 Å². The zero-order valence-electron chi connectivity index (χ0n) is 41.4. The molecular weight excluding hydrogens is 823 g/mol. The van der Waals surface area contributed by atoms with Gasteiger partial charge in [0.15, 0.2) is 0 Å². The molecule has 0 aliphatic carbocycles. The number of amides is 4. The smallest absolute Gasteiger partial charge is 0.329 e. The molecule has 1 aliphatic rings. The average molecular weight is 906 g/mol. The van der Waals surface area contributed by atoms with Gasteiger partial charge in [-0.15, -0.1) is 0 Å². The minimum absolute atomic E-state index is 0.00138. The zero-order valence-corrected chi connectivity index (χ0v) is 41.4. The Hall–Kier alpha value is -3.67. The highest BCUT2D eigenvalue weighted by Gasteiger charge is 2.43. The third kappa shape index (κ3) is 17.3. The van der Waals surface area contributed by atoms with Crippen molar-refractivity contribution in [2.24, 2.45) is 23.7 Å². The van der Waals surface area contributed by atoms with E-state index < -0.39 is 60.2 Å². The normalized spacial score (nSPS) is 17.6. The lowest BCUT2D eigenvalue weighted by Crippen LogP contribution is -2.60. The third-order valence-electron chi connectivity index (χ3n) is 12.3. The lowest BCUT2D eigenvalue weighted by atomic mass is 9.91. The standard InChI is InChI=1S/C48H83N5O11/c1-31(2)41(50-46(56)43(33(5)6)51(10)34(7)8)47(57)52(11)42(32(3)4)39(60-13)30-40(54)53-22-18-21-38(53)44(61-14)35(9)45(55)49-37(29-36-19-16-15-17-20-36)48(58)64-28-27-63-26-25-62-24-23-59-12/h15-17,19-20,31-35,37-39,41-44H,18,21-30H2,1-14H3,(H,49,55)(H,50,56)/t35?,37-,38-,39+,41-,42-,43-,44+/m0/s1. The van der Waals surface area contributed by atoms with Gasteiger partial charge in [-0.2, -0.15) is 0 Å². The summed E-state index contributed by atoms with van der Waals surface area (Å²) < 4.78 is 33.4. The molecule has 16 heteroatoms. The largest absolute Gasteiger partial charge is 0.462 e. The second kappa shape index (κ2) is 29.1. The summed E-state index contributed by atoms with van der Waals surface area (Å²) in [6.07, 6.45) is 0.142. The van der Waals surface area contributed by atoms with Crippen molar-refractivity contribution in [3.63, 3.8) is 0 Å². The van der Waals surface area contributed by atoms with E-state index in [4.69, 9.17) is 28.4 Å². The van der Waals surface area contributed by atoms with Crippen molar-refractivity contribution in [1.29, 1.82) is 0 Å². The molecule has 0 radical (unpaired) electrons. The lowest BCUT2D eigenvalue weighted by Gasteiger charge is -2.40. The Bertz CT molecular complexity index is 1550. The fourth-order valence-electron chi connectivity index (χ4n) is 8.56. The van der Waals surface area contributed by atoms with Gasteiger partial charge in [-0.05, 0) is 57.1 Å². The van der Waals surface area contributed by atoms with Gasteiger partial charge in [-0.25, -0.2) is 4.79 Å². The number of rotatable bonds is 30. The first kappa shape index (κ1) is 56.5. The van der Waals surface area contributed by atoms with Gasteiger partial charge in [-0.1, -0.05) is 78.8 Å². The number of likely N-dealkylation sites (tertiary alicyclic amines) is 1. The van der Waals surface area contributed by atoms with E-state index in [1.165, 1.54) is 7.11 Å². The molecule has 366 valence electrons. The minimum atomic E-state index is -0.981. The monoisotopic (exact) mass is 906 g/mol. The first-order valence-electron chi connectivity index (χ1n) is 23.1. The predicted octanol–water partition coefficient (Wildman–Crippen LogP) is 3.97. The predicted molar refractivity (Wildman–Crippen MR) is 246 cm³/mol. The van der Waals surface area contributed by atoms with Crippen molar-refractivity contribution < 1.29 is 52.4 Å². The molecular formula is C48H83N5O11. The van der Waals surface area contributed by atoms with Crippen LogP contribution < -0.4 is 10.6 Å². The van der Waals surface area contributed by atoms with Crippen molar-refractivity contribution in [2.75, 3.05) is 81.6 Å². The Balaban J connectivity index is 2.21. The van der Waals surface area contributed by atoms with Crippen LogP contribution in [-0.4, -0.2) is 174 Å².